The van der Waals surface area contributed by atoms with Gasteiger partial charge in [0.15, 0.2) is 0 Å². The molecule has 0 bridgehead atoms. The number of nitrogens with one attached hydrogen (secondary N) is 2. The van der Waals surface area contributed by atoms with E-state index in [9.17, 15) is 18.0 Å². The number of urea groups is 1. The Balaban J connectivity index is 1.49. The van der Waals surface area contributed by atoms with Gasteiger partial charge in [-0.25, -0.2) is 14.8 Å². The van der Waals surface area contributed by atoms with Crippen molar-refractivity contribution in [3.63, 3.8) is 0 Å². The van der Waals surface area contributed by atoms with Gasteiger partial charge in [-0.05, 0) is 50.1 Å². The van der Waals surface area contributed by atoms with Gasteiger partial charge in [0.25, 0.3) is 0 Å². The molecule has 11 heteroatoms. The molecule has 0 radical (unpaired) electrons. The summed E-state index contributed by atoms with van der Waals surface area (Å²) in [6, 6.07) is 6.03. The summed E-state index contributed by atoms with van der Waals surface area (Å²) in [5.74, 6) is 1.07. The van der Waals surface area contributed by atoms with E-state index in [1.54, 1.807) is 27.9 Å². The Morgan fingerprint density at radius 3 is 2.44 bits per heavy atom. The molecule has 4 rings (SSSR count). The lowest BCUT2D eigenvalue weighted by atomic mass is 9.98. The first kappa shape index (κ1) is 23.5. The van der Waals surface area contributed by atoms with E-state index in [4.69, 9.17) is 0 Å². The number of hydrogen-bond donors (Lipinski definition) is 2. The van der Waals surface area contributed by atoms with Crippen LogP contribution in [-0.2, 0) is 6.18 Å². The number of carbonyl (C=O) groups is 1. The van der Waals surface area contributed by atoms with E-state index in [1.165, 1.54) is 18.5 Å². The van der Waals surface area contributed by atoms with Crippen molar-refractivity contribution in [2.24, 2.45) is 5.92 Å². The number of halogens is 3. The minimum absolute atomic E-state index is 0.00744. The minimum atomic E-state index is -4.38. The van der Waals surface area contributed by atoms with Gasteiger partial charge in [-0.15, -0.1) is 0 Å². The number of benzene rings is 1. The van der Waals surface area contributed by atoms with E-state index in [2.05, 4.69) is 39.4 Å². The molecule has 1 aliphatic rings. The van der Waals surface area contributed by atoms with E-state index in [0.717, 1.165) is 12.1 Å². The minimum Gasteiger partial charge on any atom is -0.346 e. The van der Waals surface area contributed by atoms with Crippen LogP contribution in [0.4, 0.5) is 29.7 Å². The molecule has 0 aliphatic carbocycles. The summed E-state index contributed by atoms with van der Waals surface area (Å²) >= 11 is 0. The molecule has 180 valence electrons. The van der Waals surface area contributed by atoms with Crippen LogP contribution in [0, 0.1) is 5.92 Å². The van der Waals surface area contributed by atoms with E-state index < -0.39 is 11.7 Å². The van der Waals surface area contributed by atoms with Crippen LogP contribution in [0.5, 0.6) is 0 Å². The van der Waals surface area contributed by atoms with Crippen molar-refractivity contribution in [1.29, 1.82) is 0 Å². The first-order valence-corrected chi connectivity index (χ1v) is 11.0. The summed E-state index contributed by atoms with van der Waals surface area (Å²) in [4.78, 5) is 27.4. The second-order valence-corrected chi connectivity index (χ2v) is 8.70. The van der Waals surface area contributed by atoms with Crippen molar-refractivity contribution in [2.75, 3.05) is 10.2 Å². The van der Waals surface area contributed by atoms with Crippen molar-refractivity contribution < 1.29 is 18.0 Å². The van der Waals surface area contributed by atoms with Crippen molar-refractivity contribution in [1.82, 2.24) is 24.8 Å². The summed E-state index contributed by atoms with van der Waals surface area (Å²) in [5, 5.41) is 6.12. The van der Waals surface area contributed by atoms with E-state index in [1.807, 2.05) is 13.8 Å². The molecule has 2 aromatic heterocycles. The molecular formula is C23H26F3N7O. The number of amides is 2. The SMILES string of the molecule is CC(Nc1nccc(N2C(=O)NC(C)[C@@H]2C(C)C)n1)c1cn(-c2ccc(C(F)(F)F)cc2)cn1. The highest BCUT2D eigenvalue weighted by Gasteiger charge is 2.40. The van der Waals surface area contributed by atoms with Gasteiger partial charge in [-0.1, -0.05) is 13.8 Å². The third-order valence-corrected chi connectivity index (χ3v) is 5.84. The Hall–Kier alpha value is -3.63. The third kappa shape index (κ3) is 4.68. The summed E-state index contributed by atoms with van der Waals surface area (Å²) in [5.41, 5.74) is 0.511. The van der Waals surface area contributed by atoms with Crippen LogP contribution in [0.3, 0.4) is 0 Å². The lowest BCUT2D eigenvalue weighted by molar-refractivity contribution is -0.137. The van der Waals surface area contributed by atoms with Gasteiger partial charge in [0.1, 0.15) is 5.82 Å². The van der Waals surface area contributed by atoms with Crippen LogP contribution in [-0.4, -0.2) is 37.6 Å². The topological polar surface area (TPSA) is 88.0 Å². The van der Waals surface area contributed by atoms with Crippen LogP contribution in [0.2, 0.25) is 0 Å². The molecule has 0 spiro atoms. The van der Waals surface area contributed by atoms with Crippen molar-refractivity contribution >= 4 is 17.8 Å². The van der Waals surface area contributed by atoms with Crippen molar-refractivity contribution in [2.45, 2.75) is 52.0 Å². The molecule has 3 aromatic rings. The van der Waals surface area contributed by atoms with Gasteiger partial charge in [0.05, 0.1) is 29.7 Å². The summed E-state index contributed by atoms with van der Waals surface area (Å²) in [6.07, 6.45) is 0.478. The standard InChI is InChI=1S/C23H26F3N7O/c1-13(2)20-15(4)30-22(34)33(20)19-9-10-27-21(31-19)29-14(3)18-11-32(12-28-18)17-7-5-16(6-8-17)23(24,25)26/h5-15,20H,1-4H3,(H,30,34)(H,27,29,31)/t14?,15?,20-/m0/s1. The first-order chi connectivity index (χ1) is 16.0. The van der Waals surface area contributed by atoms with Crippen LogP contribution in [0.25, 0.3) is 5.69 Å². The van der Waals surface area contributed by atoms with Gasteiger partial charge in [0, 0.05) is 24.1 Å². The maximum absolute atomic E-state index is 12.8. The van der Waals surface area contributed by atoms with Crippen molar-refractivity contribution in [3.05, 3.63) is 60.3 Å². The number of alkyl halides is 3. The number of nitrogens with zero attached hydrogens (tertiary/aromatic N) is 5. The molecule has 2 amide bonds. The lowest BCUT2D eigenvalue weighted by Gasteiger charge is -2.27. The predicted octanol–water partition coefficient (Wildman–Crippen LogP) is 4.80. The molecule has 2 unspecified atom stereocenters. The number of hydrogen-bond acceptors (Lipinski definition) is 5. The lowest BCUT2D eigenvalue weighted by Crippen LogP contribution is -2.40. The Labute approximate surface area is 195 Å². The van der Waals surface area contributed by atoms with Gasteiger partial charge in [0.2, 0.25) is 5.95 Å². The molecular weight excluding hydrogens is 447 g/mol. The smallest absolute Gasteiger partial charge is 0.346 e. The molecule has 34 heavy (non-hydrogen) atoms. The molecule has 8 nitrogen and oxygen atoms in total. The molecule has 0 saturated carbocycles. The zero-order valence-electron chi connectivity index (χ0n) is 19.2. The van der Waals surface area contributed by atoms with E-state index >= 15 is 0 Å². The average molecular weight is 474 g/mol. The zero-order chi connectivity index (χ0) is 24.6. The Bertz CT molecular complexity index is 1160. The summed E-state index contributed by atoms with van der Waals surface area (Å²) < 4.78 is 40.1. The van der Waals surface area contributed by atoms with Gasteiger partial charge < -0.3 is 15.2 Å². The van der Waals surface area contributed by atoms with Crippen molar-refractivity contribution in [3.8, 4) is 5.69 Å². The second-order valence-electron chi connectivity index (χ2n) is 8.70. The number of anilines is 2. The van der Waals surface area contributed by atoms with Crippen LogP contribution < -0.4 is 15.5 Å². The number of carbonyl (C=O) groups excluding carboxylic acids is 1. The highest BCUT2D eigenvalue weighted by molar-refractivity contribution is 5.94. The van der Waals surface area contributed by atoms with Gasteiger partial charge in [-0.3, -0.25) is 4.90 Å². The van der Waals surface area contributed by atoms with Crippen LogP contribution >= 0.6 is 0 Å². The zero-order valence-corrected chi connectivity index (χ0v) is 19.2. The van der Waals surface area contributed by atoms with Crippen LogP contribution in [0.15, 0.2) is 49.1 Å². The molecule has 1 fully saturated rings. The number of rotatable bonds is 6. The fourth-order valence-electron chi connectivity index (χ4n) is 4.19. The second kappa shape index (κ2) is 8.96. The highest BCUT2D eigenvalue weighted by atomic mass is 19.4. The van der Waals surface area contributed by atoms with Gasteiger partial charge >= 0.3 is 12.2 Å². The fourth-order valence-corrected chi connectivity index (χ4v) is 4.19. The molecule has 1 aliphatic heterocycles. The summed E-state index contributed by atoms with van der Waals surface area (Å²) in [7, 11) is 0. The predicted molar refractivity (Wildman–Crippen MR) is 122 cm³/mol. The van der Waals surface area contributed by atoms with E-state index in [-0.39, 0.29) is 30.1 Å². The third-order valence-electron chi connectivity index (χ3n) is 5.84. The van der Waals surface area contributed by atoms with Gasteiger partial charge in [-0.2, -0.15) is 18.2 Å². The molecule has 3 atom stereocenters. The highest BCUT2D eigenvalue weighted by Crippen LogP contribution is 2.30. The Morgan fingerprint density at radius 1 is 1.09 bits per heavy atom. The summed E-state index contributed by atoms with van der Waals surface area (Å²) in [6.45, 7) is 7.96. The normalized spacial score (nSPS) is 19.4. The molecule has 1 saturated heterocycles. The Kier molecular flexibility index (Phi) is 6.20. The monoisotopic (exact) mass is 473 g/mol. The number of aromatic nitrogens is 4. The largest absolute Gasteiger partial charge is 0.416 e. The maximum Gasteiger partial charge on any atom is 0.416 e. The quantitative estimate of drug-likeness (QED) is 0.537. The maximum atomic E-state index is 12.8. The number of imidazole rings is 1. The molecule has 2 N–H and O–H groups in total. The Morgan fingerprint density at radius 2 is 1.79 bits per heavy atom. The van der Waals surface area contributed by atoms with E-state index in [0.29, 0.717) is 23.1 Å². The fraction of sp³-hybridized carbons (Fsp3) is 0.391. The first-order valence-electron chi connectivity index (χ1n) is 11.0. The van der Waals surface area contributed by atoms with Crippen LogP contribution in [0.1, 0.15) is 45.0 Å². The average Bonchev–Trinajstić information content (AvgIpc) is 3.38. The molecule has 1 aromatic carbocycles. The molecule has 3 heterocycles.